The lowest BCUT2D eigenvalue weighted by molar-refractivity contribution is -0.126. The number of methoxy groups -OCH3 is 2. The Morgan fingerprint density at radius 1 is 1.00 bits per heavy atom. The minimum absolute atomic E-state index is 0.190. The van der Waals surface area contributed by atoms with Gasteiger partial charge in [-0.05, 0) is 68.8 Å². The largest absolute Gasteiger partial charge is 0.497 e. The topological polar surface area (TPSA) is 85.7 Å². The van der Waals surface area contributed by atoms with Gasteiger partial charge in [-0.15, -0.1) is 0 Å². The third-order valence-corrected chi connectivity index (χ3v) is 7.25. The number of para-hydroxylation sites is 1. The molecular weight excluding hydrogens is 492 g/mol. The molecule has 2 amide bonds. The van der Waals surface area contributed by atoms with E-state index in [0.29, 0.717) is 22.8 Å². The number of amides is 2. The van der Waals surface area contributed by atoms with Crippen LogP contribution in [0.5, 0.6) is 11.5 Å². The number of anilines is 1. The number of ether oxygens (including phenoxy) is 2. The summed E-state index contributed by atoms with van der Waals surface area (Å²) in [6, 6.07) is 22.7. The molecule has 39 heavy (non-hydrogen) atoms. The molecule has 0 aliphatic carbocycles. The van der Waals surface area contributed by atoms with Crippen LogP contribution in [0.15, 0.2) is 72.8 Å². The highest BCUT2D eigenvalue weighted by molar-refractivity contribution is 6.12. The van der Waals surface area contributed by atoms with Crippen molar-refractivity contribution in [1.82, 2.24) is 15.1 Å². The molecule has 2 heterocycles. The average molecular weight is 525 g/mol. The molecule has 3 aromatic carbocycles. The van der Waals surface area contributed by atoms with Gasteiger partial charge in [-0.1, -0.05) is 35.9 Å². The van der Waals surface area contributed by atoms with Crippen LogP contribution >= 0.6 is 0 Å². The fraction of sp³-hybridized carbons (Fsp3) is 0.258. The third-order valence-electron chi connectivity index (χ3n) is 7.25. The second kappa shape index (κ2) is 10.3. The predicted octanol–water partition coefficient (Wildman–Crippen LogP) is 4.92. The summed E-state index contributed by atoms with van der Waals surface area (Å²) in [4.78, 5) is 29.7. The molecule has 1 atom stereocenters. The van der Waals surface area contributed by atoms with Crippen molar-refractivity contribution in [1.29, 1.82) is 0 Å². The standard InChI is InChI=1S/C31H32N4O4/c1-20-10-15-26(21(2)16-20)35-29(36)27-17-25(22-11-13-24(38-4)14-12-22)33-34(27)19-31(35,3)30(37)32-18-23-8-6-7-9-28(23)39-5/h6-17H,18-19H2,1-5H3,(H,32,37)/t31-/m1/s1. The summed E-state index contributed by atoms with van der Waals surface area (Å²) in [6.45, 7) is 6.20. The van der Waals surface area contributed by atoms with E-state index >= 15 is 0 Å². The zero-order valence-electron chi connectivity index (χ0n) is 22.8. The first-order valence-corrected chi connectivity index (χ1v) is 12.8. The molecule has 5 rings (SSSR count). The molecule has 1 N–H and O–H groups in total. The van der Waals surface area contributed by atoms with Crippen LogP contribution in [0.25, 0.3) is 11.3 Å². The second-order valence-electron chi connectivity index (χ2n) is 10.00. The van der Waals surface area contributed by atoms with Crippen LogP contribution in [0.3, 0.4) is 0 Å². The van der Waals surface area contributed by atoms with Gasteiger partial charge in [-0.25, -0.2) is 0 Å². The molecule has 0 fully saturated rings. The Morgan fingerprint density at radius 3 is 2.44 bits per heavy atom. The van der Waals surface area contributed by atoms with Gasteiger partial charge in [0.25, 0.3) is 5.91 Å². The number of nitrogens with zero attached hydrogens (tertiary/aromatic N) is 3. The van der Waals surface area contributed by atoms with E-state index in [0.717, 1.165) is 28.0 Å². The number of nitrogens with one attached hydrogen (secondary N) is 1. The van der Waals surface area contributed by atoms with E-state index in [1.165, 1.54) is 0 Å². The highest BCUT2D eigenvalue weighted by atomic mass is 16.5. The molecule has 0 radical (unpaired) electrons. The molecule has 1 aliphatic rings. The molecule has 0 saturated carbocycles. The number of carbonyl (C=O) groups excluding carboxylic acids is 2. The summed E-state index contributed by atoms with van der Waals surface area (Å²) in [5.41, 5.74) is 4.22. The summed E-state index contributed by atoms with van der Waals surface area (Å²) in [7, 11) is 3.22. The quantitative estimate of drug-likeness (QED) is 0.371. The van der Waals surface area contributed by atoms with Crippen LogP contribution in [0.2, 0.25) is 0 Å². The Labute approximate surface area is 228 Å². The average Bonchev–Trinajstić information content (AvgIpc) is 3.37. The van der Waals surface area contributed by atoms with Crippen LogP contribution in [0, 0.1) is 13.8 Å². The molecular formula is C31H32N4O4. The molecule has 0 unspecified atom stereocenters. The van der Waals surface area contributed by atoms with Gasteiger partial charge in [-0.3, -0.25) is 19.2 Å². The van der Waals surface area contributed by atoms with Crippen LogP contribution in [0.4, 0.5) is 5.69 Å². The molecule has 4 aromatic rings. The lowest BCUT2D eigenvalue weighted by Gasteiger charge is -2.43. The first-order chi connectivity index (χ1) is 18.7. The van der Waals surface area contributed by atoms with E-state index in [4.69, 9.17) is 14.6 Å². The first kappa shape index (κ1) is 26.0. The van der Waals surface area contributed by atoms with E-state index in [9.17, 15) is 9.59 Å². The van der Waals surface area contributed by atoms with Crippen molar-refractivity contribution < 1.29 is 19.1 Å². The molecule has 0 spiro atoms. The molecule has 0 saturated heterocycles. The Balaban J connectivity index is 1.55. The van der Waals surface area contributed by atoms with Gasteiger partial charge in [0.15, 0.2) is 0 Å². The monoisotopic (exact) mass is 524 g/mol. The number of hydrogen-bond donors (Lipinski definition) is 1. The number of aromatic nitrogens is 2. The summed E-state index contributed by atoms with van der Waals surface area (Å²) >= 11 is 0. The minimum atomic E-state index is -1.24. The highest BCUT2D eigenvalue weighted by Gasteiger charge is 2.49. The lowest BCUT2D eigenvalue weighted by Crippen LogP contribution is -2.64. The maximum Gasteiger partial charge on any atom is 0.277 e. The van der Waals surface area contributed by atoms with Gasteiger partial charge in [-0.2, -0.15) is 5.10 Å². The maximum atomic E-state index is 14.1. The highest BCUT2D eigenvalue weighted by Crippen LogP contribution is 2.36. The lowest BCUT2D eigenvalue weighted by atomic mass is 9.92. The number of rotatable bonds is 7. The van der Waals surface area contributed by atoms with Gasteiger partial charge in [0.1, 0.15) is 22.7 Å². The van der Waals surface area contributed by atoms with Crippen molar-refractivity contribution in [2.24, 2.45) is 0 Å². The normalized spacial score (nSPS) is 16.5. The predicted molar refractivity (Wildman–Crippen MR) is 150 cm³/mol. The Kier molecular flexibility index (Phi) is 6.87. The zero-order valence-corrected chi connectivity index (χ0v) is 22.8. The number of benzene rings is 3. The minimum Gasteiger partial charge on any atom is -0.497 e. The van der Waals surface area contributed by atoms with Gasteiger partial charge < -0.3 is 14.8 Å². The molecule has 0 bridgehead atoms. The van der Waals surface area contributed by atoms with E-state index < -0.39 is 5.54 Å². The molecule has 200 valence electrons. The summed E-state index contributed by atoms with van der Waals surface area (Å²) in [6.07, 6.45) is 0. The van der Waals surface area contributed by atoms with Gasteiger partial charge in [0, 0.05) is 23.4 Å². The SMILES string of the molecule is COc1ccc(-c2cc3n(n2)C[C@](C)(C(=O)NCc2ccccc2OC)N(c2ccc(C)cc2C)C3=O)cc1. The number of carbonyl (C=O) groups is 2. The molecule has 8 heteroatoms. The second-order valence-corrected chi connectivity index (χ2v) is 10.00. The van der Waals surface area contributed by atoms with E-state index in [-0.39, 0.29) is 24.9 Å². The van der Waals surface area contributed by atoms with Crippen molar-refractivity contribution in [3.05, 3.63) is 95.2 Å². The Hall–Kier alpha value is -4.59. The maximum absolute atomic E-state index is 14.1. The fourth-order valence-electron chi connectivity index (χ4n) is 5.13. The molecule has 8 nitrogen and oxygen atoms in total. The smallest absolute Gasteiger partial charge is 0.277 e. The van der Waals surface area contributed by atoms with Crippen LogP contribution in [-0.2, 0) is 17.9 Å². The zero-order chi connectivity index (χ0) is 27.7. The van der Waals surface area contributed by atoms with Gasteiger partial charge >= 0.3 is 0 Å². The Bertz CT molecular complexity index is 1540. The first-order valence-electron chi connectivity index (χ1n) is 12.8. The van der Waals surface area contributed by atoms with E-state index in [1.54, 1.807) is 36.8 Å². The van der Waals surface area contributed by atoms with Crippen molar-refractivity contribution in [2.45, 2.75) is 39.4 Å². The molecule has 1 aliphatic heterocycles. The number of hydrogen-bond acceptors (Lipinski definition) is 5. The van der Waals surface area contributed by atoms with Crippen LogP contribution < -0.4 is 19.7 Å². The summed E-state index contributed by atoms with van der Waals surface area (Å²) < 4.78 is 12.4. The number of aryl methyl sites for hydroxylation is 2. The van der Waals surface area contributed by atoms with Crippen LogP contribution in [0.1, 0.15) is 34.1 Å². The van der Waals surface area contributed by atoms with Crippen molar-refractivity contribution >= 4 is 17.5 Å². The van der Waals surface area contributed by atoms with Gasteiger partial charge in [0.05, 0.1) is 26.5 Å². The number of fused-ring (bicyclic) bond motifs is 1. The van der Waals surface area contributed by atoms with Gasteiger partial charge in [0.2, 0.25) is 5.91 Å². The van der Waals surface area contributed by atoms with Crippen molar-refractivity contribution in [3.8, 4) is 22.8 Å². The third kappa shape index (κ3) is 4.74. The fourth-order valence-corrected chi connectivity index (χ4v) is 5.13. The summed E-state index contributed by atoms with van der Waals surface area (Å²) in [5, 5.41) is 7.79. The van der Waals surface area contributed by atoms with Crippen molar-refractivity contribution in [2.75, 3.05) is 19.1 Å². The van der Waals surface area contributed by atoms with E-state index in [2.05, 4.69) is 5.32 Å². The summed E-state index contributed by atoms with van der Waals surface area (Å²) in [5.74, 6) is 0.857. The van der Waals surface area contributed by atoms with Crippen molar-refractivity contribution in [3.63, 3.8) is 0 Å². The van der Waals surface area contributed by atoms with E-state index in [1.807, 2.05) is 80.6 Å². The Morgan fingerprint density at radius 2 is 1.74 bits per heavy atom. The van der Waals surface area contributed by atoms with Crippen LogP contribution in [-0.4, -0.2) is 41.4 Å². The molecule has 1 aromatic heterocycles.